The fraction of sp³-hybridized carbons (Fsp3) is 0.706. The first kappa shape index (κ1) is 35.9. The van der Waals surface area contributed by atoms with E-state index in [-0.39, 0.29) is 62.0 Å². The maximum Gasteiger partial charge on any atom is 0.305 e. The van der Waals surface area contributed by atoms with Crippen molar-refractivity contribution < 1.29 is 38.7 Å². The highest BCUT2D eigenvalue weighted by Crippen LogP contribution is 2.40. The summed E-state index contributed by atoms with van der Waals surface area (Å²) in [6.45, 7) is 18.0. The smallest absolute Gasteiger partial charge is 0.305 e. The first-order chi connectivity index (χ1) is 19.4. The van der Waals surface area contributed by atoms with Crippen LogP contribution < -0.4 is 0 Å². The second kappa shape index (κ2) is 15.5. The minimum Gasteiger partial charge on any atom is -0.463 e. The molecule has 0 fully saturated rings. The van der Waals surface area contributed by atoms with Crippen molar-refractivity contribution in [2.75, 3.05) is 39.6 Å². The van der Waals surface area contributed by atoms with Gasteiger partial charge < -0.3 is 29.2 Å². The SMILES string of the molecule is CC1=CC(O)(CCC(=O)OCCOCCOCCOC(=O)CCC2(O)C=C(C)C=C(C(C)(C)C)C2)CC(C(C)(C)C)=C1. The van der Waals surface area contributed by atoms with Gasteiger partial charge in [0.15, 0.2) is 0 Å². The second-order valence-corrected chi connectivity index (χ2v) is 13.8. The van der Waals surface area contributed by atoms with Gasteiger partial charge in [0.1, 0.15) is 13.2 Å². The van der Waals surface area contributed by atoms with E-state index in [4.69, 9.17) is 18.9 Å². The molecule has 8 nitrogen and oxygen atoms in total. The van der Waals surface area contributed by atoms with Crippen LogP contribution in [0.5, 0.6) is 0 Å². The monoisotopic (exact) mass is 590 g/mol. The molecule has 0 amide bonds. The fourth-order valence-electron chi connectivity index (χ4n) is 5.16. The molecule has 2 aliphatic carbocycles. The molecule has 0 saturated heterocycles. The molecule has 8 heteroatoms. The Hall–Kier alpha value is -2.26. The lowest BCUT2D eigenvalue weighted by Crippen LogP contribution is -2.33. The molecule has 2 unspecified atom stereocenters. The van der Waals surface area contributed by atoms with Crippen LogP contribution >= 0.6 is 0 Å². The standard InChI is InChI=1S/C34H54O8/c1-25-19-27(31(3,4)5)23-33(37,21-25)11-9-29(35)41-17-15-39-13-14-40-16-18-42-30(36)10-12-34(38)22-26(2)20-28(24-34)32(6,7)8/h19-22,37-38H,9-18,23-24H2,1-8H3. The largest absolute Gasteiger partial charge is 0.463 e. The Bertz CT molecular complexity index is 968. The lowest BCUT2D eigenvalue weighted by Gasteiger charge is -2.35. The van der Waals surface area contributed by atoms with E-state index in [1.54, 1.807) is 0 Å². The van der Waals surface area contributed by atoms with Crippen molar-refractivity contribution in [3.05, 3.63) is 46.6 Å². The zero-order valence-corrected chi connectivity index (χ0v) is 27.1. The molecule has 0 aromatic carbocycles. The van der Waals surface area contributed by atoms with Gasteiger partial charge in [0.25, 0.3) is 0 Å². The van der Waals surface area contributed by atoms with Gasteiger partial charge >= 0.3 is 11.9 Å². The van der Waals surface area contributed by atoms with Crippen molar-refractivity contribution in [3.63, 3.8) is 0 Å². The van der Waals surface area contributed by atoms with E-state index < -0.39 is 11.2 Å². The average Bonchev–Trinajstić information content (AvgIpc) is 2.85. The third kappa shape index (κ3) is 12.9. The molecule has 2 aliphatic rings. The van der Waals surface area contributed by atoms with E-state index in [1.807, 2.05) is 26.0 Å². The van der Waals surface area contributed by atoms with Crippen LogP contribution in [0.1, 0.15) is 93.9 Å². The first-order valence-corrected chi connectivity index (χ1v) is 15.1. The van der Waals surface area contributed by atoms with E-state index in [0.717, 1.165) is 11.1 Å². The minimum absolute atomic E-state index is 0.0412. The Morgan fingerprint density at radius 2 is 1.00 bits per heavy atom. The molecule has 0 saturated carbocycles. The molecular weight excluding hydrogens is 536 g/mol. The second-order valence-electron chi connectivity index (χ2n) is 13.8. The molecule has 0 spiro atoms. The van der Waals surface area contributed by atoms with Crippen LogP contribution in [0, 0.1) is 10.8 Å². The molecule has 0 aromatic rings. The molecule has 238 valence electrons. The highest BCUT2D eigenvalue weighted by atomic mass is 16.6. The number of ether oxygens (including phenoxy) is 4. The van der Waals surface area contributed by atoms with E-state index in [2.05, 4.69) is 53.7 Å². The van der Waals surface area contributed by atoms with Crippen molar-refractivity contribution in [3.8, 4) is 0 Å². The average molecular weight is 591 g/mol. The normalized spacial score (nSPS) is 23.0. The maximum atomic E-state index is 12.2. The molecule has 2 N–H and O–H groups in total. The Labute approximate surface area is 252 Å². The quantitative estimate of drug-likeness (QED) is 0.183. The van der Waals surface area contributed by atoms with Crippen molar-refractivity contribution in [1.82, 2.24) is 0 Å². The van der Waals surface area contributed by atoms with Gasteiger partial charge in [0.2, 0.25) is 0 Å². The van der Waals surface area contributed by atoms with E-state index in [0.29, 0.717) is 38.9 Å². The fourth-order valence-corrected chi connectivity index (χ4v) is 5.16. The molecule has 0 radical (unpaired) electrons. The third-order valence-electron chi connectivity index (χ3n) is 7.59. The first-order valence-electron chi connectivity index (χ1n) is 15.1. The molecule has 42 heavy (non-hydrogen) atoms. The molecular formula is C34H54O8. The number of esters is 2. The molecule has 2 atom stereocenters. The van der Waals surface area contributed by atoms with E-state index >= 15 is 0 Å². The van der Waals surface area contributed by atoms with Crippen LogP contribution in [-0.4, -0.2) is 73.0 Å². The minimum atomic E-state index is -1.04. The van der Waals surface area contributed by atoms with E-state index in [9.17, 15) is 19.8 Å². The number of hydrogen-bond acceptors (Lipinski definition) is 8. The topological polar surface area (TPSA) is 112 Å². The maximum absolute atomic E-state index is 12.2. The van der Waals surface area contributed by atoms with Gasteiger partial charge in [-0.25, -0.2) is 0 Å². The van der Waals surface area contributed by atoms with Crippen LogP contribution in [0.15, 0.2) is 46.6 Å². The van der Waals surface area contributed by atoms with Gasteiger partial charge in [0.05, 0.1) is 37.6 Å². The number of aliphatic hydroxyl groups is 2. The Balaban J connectivity index is 1.50. The van der Waals surface area contributed by atoms with Crippen LogP contribution in [-0.2, 0) is 28.5 Å². The van der Waals surface area contributed by atoms with Crippen molar-refractivity contribution in [2.24, 2.45) is 10.8 Å². The third-order valence-corrected chi connectivity index (χ3v) is 7.59. The molecule has 0 aliphatic heterocycles. The van der Waals surface area contributed by atoms with Gasteiger partial charge in [-0.3, -0.25) is 9.59 Å². The van der Waals surface area contributed by atoms with Gasteiger partial charge in [-0.1, -0.05) is 76.0 Å². The summed E-state index contributed by atoms with van der Waals surface area (Å²) in [6, 6.07) is 0. The predicted octanol–water partition coefficient (Wildman–Crippen LogP) is 5.77. The number of hydrogen-bond donors (Lipinski definition) is 2. The highest BCUT2D eigenvalue weighted by Gasteiger charge is 2.34. The van der Waals surface area contributed by atoms with Gasteiger partial charge in [-0.15, -0.1) is 0 Å². The number of rotatable bonds is 15. The molecule has 0 aromatic heterocycles. The lowest BCUT2D eigenvalue weighted by atomic mass is 9.74. The van der Waals surface area contributed by atoms with Crippen molar-refractivity contribution in [1.29, 1.82) is 0 Å². The van der Waals surface area contributed by atoms with Crippen molar-refractivity contribution >= 4 is 11.9 Å². The molecule has 2 rings (SSSR count). The van der Waals surface area contributed by atoms with Crippen LogP contribution in [0.4, 0.5) is 0 Å². The predicted molar refractivity (Wildman–Crippen MR) is 164 cm³/mol. The summed E-state index contributed by atoms with van der Waals surface area (Å²) in [5.74, 6) is -0.730. The van der Waals surface area contributed by atoms with Crippen LogP contribution in [0.3, 0.4) is 0 Å². The van der Waals surface area contributed by atoms with Crippen LogP contribution in [0.25, 0.3) is 0 Å². The Kier molecular flexibility index (Phi) is 13.2. The van der Waals surface area contributed by atoms with E-state index in [1.165, 1.54) is 11.1 Å². The summed E-state index contributed by atoms with van der Waals surface area (Å²) < 4.78 is 21.3. The van der Waals surface area contributed by atoms with Gasteiger partial charge in [-0.2, -0.15) is 0 Å². The zero-order valence-electron chi connectivity index (χ0n) is 27.1. The lowest BCUT2D eigenvalue weighted by molar-refractivity contribution is -0.148. The number of carbonyl (C=O) groups excluding carboxylic acids is 2. The summed E-state index contributed by atoms with van der Waals surface area (Å²) >= 11 is 0. The molecule has 0 bridgehead atoms. The summed E-state index contributed by atoms with van der Waals surface area (Å²) in [4.78, 5) is 24.3. The van der Waals surface area contributed by atoms with Crippen LogP contribution in [0.2, 0.25) is 0 Å². The number of carbonyl (C=O) groups is 2. The van der Waals surface area contributed by atoms with Gasteiger partial charge in [-0.05, 0) is 49.7 Å². The summed E-state index contributed by atoms with van der Waals surface area (Å²) in [5, 5.41) is 22.0. The highest BCUT2D eigenvalue weighted by molar-refractivity contribution is 5.70. The summed E-state index contributed by atoms with van der Waals surface area (Å²) in [6.07, 6.45) is 9.80. The van der Waals surface area contributed by atoms with Crippen molar-refractivity contribution in [2.45, 2.75) is 105 Å². The molecule has 0 heterocycles. The zero-order chi connectivity index (χ0) is 31.6. The Morgan fingerprint density at radius 3 is 1.33 bits per heavy atom. The Morgan fingerprint density at radius 1 is 0.667 bits per heavy atom. The summed E-state index contributed by atoms with van der Waals surface area (Å²) in [7, 11) is 0. The van der Waals surface area contributed by atoms with Gasteiger partial charge in [0, 0.05) is 25.7 Å². The summed E-state index contributed by atoms with van der Waals surface area (Å²) in [5.41, 5.74) is 2.19. The number of allylic oxidation sites excluding steroid dienone is 4.